The maximum absolute atomic E-state index is 11.3. The second kappa shape index (κ2) is 2.97. The van der Waals surface area contributed by atoms with E-state index in [0.29, 0.717) is 11.2 Å². The van der Waals surface area contributed by atoms with E-state index >= 15 is 0 Å². The van der Waals surface area contributed by atoms with Crippen LogP contribution >= 0.6 is 0 Å². The fourth-order valence-corrected chi connectivity index (χ4v) is 3.10. The molecule has 0 spiro atoms. The summed E-state index contributed by atoms with van der Waals surface area (Å²) in [7, 11) is 0. The van der Waals surface area contributed by atoms with Gasteiger partial charge in [-0.1, -0.05) is 25.8 Å². The first-order chi connectivity index (χ1) is 6.16. The molecular weight excluding hydrogens is 160 g/mol. The summed E-state index contributed by atoms with van der Waals surface area (Å²) < 4.78 is 0. The Hall–Kier alpha value is -0.590. The highest BCUT2D eigenvalue weighted by molar-refractivity contribution is 5.91. The lowest BCUT2D eigenvalue weighted by molar-refractivity contribution is -0.115. The van der Waals surface area contributed by atoms with Crippen LogP contribution in [0.15, 0.2) is 11.6 Å². The molecule has 72 valence electrons. The van der Waals surface area contributed by atoms with Gasteiger partial charge < -0.3 is 0 Å². The average Bonchev–Trinajstić information content (AvgIpc) is 2.42. The first kappa shape index (κ1) is 8.98. The lowest BCUT2D eigenvalue weighted by atomic mass is 9.69. The van der Waals surface area contributed by atoms with Crippen LogP contribution in [0.25, 0.3) is 0 Å². The highest BCUT2D eigenvalue weighted by Crippen LogP contribution is 2.53. The molecule has 0 saturated heterocycles. The molecule has 0 aromatic rings. The molecule has 2 unspecified atom stereocenters. The fourth-order valence-electron chi connectivity index (χ4n) is 3.10. The van der Waals surface area contributed by atoms with Gasteiger partial charge in [-0.3, -0.25) is 4.79 Å². The zero-order chi connectivity index (χ0) is 9.47. The first-order valence-electron chi connectivity index (χ1n) is 5.40. The van der Waals surface area contributed by atoms with Crippen molar-refractivity contribution in [3.05, 3.63) is 11.6 Å². The minimum Gasteiger partial charge on any atom is -0.295 e. The van der Waals surface area contributed by atoms with E-state index in [0.717, 1.165) is 18.8 Å². The molecule has 0 amide bonds. The molecule has 2 atom stereocenters. The second-order valence-electron chi connectivity index (χ2n) is 4.70. The first-order valence-corrected chi connectivity index (χ1v) is 5.40. The number of allylic oxidation sites excluding steroid dienone is 2. The van der Waals surface area contributed by atoms with Crippen molar-refractivity contribution >= 4 is 5.78 Å². The molecule has 13 heavy (non-hydrogen) atoms. The number of carbonyl (C=O) groups excluding carboxylic acids is 1. The van der Waals surface area contributed by atoms with E-state index in [1.165, 1.54) is 24.8 Å². The number of carbonyl (C=O) groups is 1. The third-order valence-corrected chi connectivity index (χ3v) is 4.12. The number of ketones is 1. The molecular formula is C12H18O. The van der Waals surface area contributed by atoms with Gasteiger partial charge in [0.25, 0.3) is 0 Å². The predicted molar refractivity (Wildman–Crippen MR) is 53.4 cm³/mol. The molecule has 1 heteroatoms. The summed E-state index contributed by atoms with van der Waals surface area (Å²) in [6.07, 6.45) is 7.53. The summed E-state index contributed by atoms with van der Waals surface area (Å²) in [6, 6.07) is 0. The van der Waals surface area contributed by atoms with Crippen LogP contribution in [0.5, 0.6) is 0 Å². The summed E-state index contributed by atoms with van der Waals surface area (Å²) in [5, 5.41) is 0. The van der Waals surface area contributed by atoms with Gasteiger partial charge in [0.15, 0.2) is 5.78 Å². The summed E-state index contributed by atoms with van der Waals surface area (Å²) in [5.74, 6) is 1.18. The van der Waals surface area contributed by atoms with Crippen molar-refractivity contribution in [3.8, 4) is 0 Å². The Kier molecular flexibility index (Phi) is 2.05. The highest BCUT2D eigenvalue weighted by Gasteiger charge is 2.43. The van der Waals surface area contributed by atoms with Crippen molar-refractivity contribution < 1.29 is 4.79 Å². The summed E-state index contributed by atoms with van der Waals surface area (Å²) in [4.78, 5) is 11.3. The number of hydrogen-bond donors (Lipinski definition) is 0. The number of fused-ring (bicyclic) bond motifs is 1. The molecule has 1 nitrogen and oxygen atoms in total. The second-order valence-corrected chi connectivity index (χ2v) is 4.70. The summed E-state index contributed by atoms with van der Waals surface area (Å²) in [5.41, 5.74) is 1.82. The van der Waals surface area contributed by atoms with Crippen molar-refractivity contribution in [3.63, 3.8) is 0 Å². The Bertz CT molecular complexity index is 264. The summed E-state index contributed by atoms with van der Waals surface area (Å²) in [6.45, 7) is 4.63. The quantitative estimate of drug-likeness (QED) is 0.603. The van der Waals surface area contributed by atoms with Crippen LogP contribution < -0.4 is 0 Å². The molecule has 0 heterocycles. The van der Waals surface area contributed by atoms with Crippen molar-refractivity contribution in [1.29, 1.82) is 0 Å². The van der Waals surface area contributed by atoms with Gasteiger partial charge in [0, 0.05) is 6.42 Å². The van der Waals surface area contributed by atoms with Crippen LogP contribution in [0.4, 0.5) is 0 Å². The Morgan fingerprint density at radius 2 is 2.31 bits per heavy atom. The number of hydrogen-bond acceptors (Lipinski definition) is 1. The molecule has 2 aliphatic rings. The average molecular weight is 178 g/mol. The van der Waals surface area contributed by atoms with Crippen LogP contribution in [-0.2, 0) is 4.79 Å². The molecule has 0 aliphatic heterocycles. The van der Waals surface area contributed by atoms with Gasteiger partial charge >= 0.3 is 0 Å². The zero-order valence-corrected chi connectivity index (χ0v) is 8.60. The Balaban J connectivity index is 2.32. The van der Waals surface area contributed by atoms with Gasteiger partial charge in [-0.25, -0.2) is 0 Å². The fraction of sp³-hybridized carbons (Fsp3) is 0.750. The van der Waals surface area contributed by atoms with E-state index in [2.05, 4.69) is 13.8 Å². The van der Waals surface area contributed by atoms with Crippen molar-refractivity contribution in [1.82, 2.24) is 0 Å². The minimum absolute atomic E-state index is 0.351. The van der Waals surface area contributed by atoms with Crippen molar-refractivity contribution in [2.75, 3.05) is 0 Å². The lowest BCUT2D eigenvalue weighted by Crippen LogP contribution is -2.27. The maximum atomic E-state index is 11.3. The zero-order valence-electron chi connectivity index (χ0n) is 8.60. The van der Waals surface area contributed by atoms with Gasteiger partial charge in [-0.15, -0.1) is 0 Å². The SMILES string of the molecule is CCC1CCC2=CC(=O)CCC21C. The standard InChI is InChI=1S/C12H18O/c1-3-9-4-5-10-8-11(13)6-7-12(9,10)2/h8-9H,3-7H2,1-2H3. The lowest BCUT2D eigenvalue weighted by Gasteiger charge is -2.34. The van der Waals surface area contributed by atoms with Crippen LogP contribution in [0, 0.1) is 11.3 Å². The minimum atomic E-state index is 0.351. The van der Waals surface area contributed by atoms with Gasteiger partial charge in [0.05, 0.1) is 0 Å². The Labute approximate surface area is 80.2 Å². The van der Waals surface area contributed by atoms with Crippen LogP contribution in [0.3, 0.4) is 0 Å². The van der Waals surface area contributed by atoms with Crippen molar-refractivity contribution in [2.24, 2.45) is 11.3 Å². The molecule has 2 rings (SSSR count). The number of rotatable bonds is 1. The van der Waals surface area contributed by atoms with E-state index in [4.69, 9.17) is 0 Å². The predicted octanol–water partition coefficient (Wildman–Crippen LogP) is 3.10. The monoisotopic (exact) mass is 178 g/mol. The van der Waals surface area contributed by atoms with E-state index in [-0.39, 0.29) is 0 Å². The molecule has 0 aromatic carbocycles. The van der Waals surface area contributed by atoms with Crippen LogP contribution in [0.1, 0.15) is 46.0 Å². The van der Waals surface area contributed by atoms with Crippen LogP contribution in [0.2, 0.25) is 0 Å². The molecule has 2 aliphatic carbocycles. The molecule has 0 bridgehead atoms. The van der Waals surface area contributed by atoms with E-state index in [1.54, 1.807) is 0 Å². The van der Waals surface area contributed by atoms with E-state index in [9.17, 15) is 4.79 Å². The van der Waals surface area contributed by atoms with Gasteiger partial charge in [-0.2, -0.15) is 0 Å². The molecule has 1 fully saturated rings. The third kappa shape index (κ3) is 1.25. The highest BCUT2D eigenvalue weighted by atomic mass is 16.1. The van der Waals surface area contributed by atoms with E-state index < -0.39 is 0 Å². The van der Waals surface area contributed by atoms with E-state index in [1.807, 2.05) is 6.08 Å². The normalized spacial score (nSPS) is 38.8. The maximum Gasteiger partial charge on any atom is 0.155 e. The molecule has 1 saturated carbocycles. The Morgan fingerprint density at radius 3 is 3.00 bits per heavy atom. The molecule has 0 aromatic heterocycles. The van der Waals surface area contributed by atoms with Gasteiger partial charge in [0.2, 0.25) is 0 Å². The van der Waals surface area contributed by atoms with Gasteiger partial charge in [-0.05, 0) is 36.7 Å². The third-order valence-electron chi connectivity index (χ3n) is 4.12. The largest absolute Gasteiger partial charge is 0.295 e. The summed E-state index contributed by atoms with van der Waals surface area (Å²) >= 11 is 0. The van der Waals surface area contributed by atoms with Gasteiger partial charge in [0.1, 0.15) is 0 Å². The molecule has 0 radical (unpaired) electrons. The van der Waals surface area contributed by atoms with Crippen molar-refractivity contribution in [2.45, 2.75) is 46.0 Å². The topological polar surface area (TPSA) is 17.1 Å². The smallest absolute Gasteiger partial charge is 0.155 e. The Morgan fingerprint density at radius 1 is 1.54 bits per heavy atom. The van der Waals surface area contributed by atoms with Crippen LogP contribution in [-0.4, -0.2) is 5.78 Å². The molecule has 0 N–H and O–H groups in total.